The van der Waals surface area contributed by atoms with E-state index in [1.807, 2.05) is 0 Å². The van der Waals surface area contributed by atoms with Crippen LogP contribution in [0.1, 0.15) is 22.7 Å². The van der Waals surface area contributed by atoms with E-state index in [0.29, 0.717) is 51.4 Å². The fourth-order valence-corrected chi connectivity index (χ4v) is 5.02. The maximum Gasteiger partial charge on any atom is 0.295 e. The van der Waals surface area contributed by atoms with Gasteiger partial charge in [0.2, 0.25) is 12.5 Å². The quantitative estimate of drug-likeness (QED) is 0.232. The Morgan fingerprint density at radius 2 is 1.46 bits per heavy atom. The molecule has 3 aromatic carbocycles. The normalized spacial score (nSPS) is 17.0. The van der Waals surface area contributed by atoms with Crippen LogP contribution in [0.2, 0.25) is 0 Å². The summed E-state index contributed by atoms with van der Waals surface area (Å²) >= 11 is 0. The Morgan fingerprint density at radius 3 is 2.10 bits per heavy atom. The lowest BCUT2D eigenvalue weighted by atomic mass is 9.94. The number of ether oxygens (including phenoxy) is 7. The van der Waals surface area contributed by atoms with Crippen LogP contribution in [0.25, 0.3) is 5.76 Å². The number of carbonyl (C=O) groups excluding carboxylic acids is 2. The summed E-state index contributed by atoms with van der Waals surface area (Å²) in [6, 6.07) is 12.3. The Kier molecular flexibility index (Phi) is 7.52. The number of hydrogen-bond acceptors (Lipinski definition) is 10. The number of fused-ring (bicyclic) bond motifs is 1. The third-order valence-electron chi connectivity index (χ3n) is 6.99. The summed E-state index contributed by atoms with van der Waals surface area (Å²) in [5.74, 6) is 0.870. The molecule has 1 saturated heterocycles. The highest BCUT2D eigenvalue weighted by Crippen LogP contribution is 2.47. The smallest absolute Gasteiger partial charge is 0.295 e. The van der Waals surface area contributed by atoms with Crippen molar-refractivity contribution in [2.24, 2.45) is 0 Å². The van der Waals surface area contributed by atoms with Crippen LogP contribution in [0.4, 0.5) is 0 Å². The minimum atomic E-state index is -1.01. The largest absolute Gasteiger partial charge is 0.507 e. The second kappa shape index (κ2) is 11.2. The fraction of sp³-hybridized carbons (Fsp3) is 0.267. The number of Topliss-reactive ketones (excluding diaryl/α,β-unsaturated/α-hetero) is 1. The summed E-state index contributed by atoms with van der Waals surface area (Å²) in [6.07, 6.45) is 0. The molecule has 2 aliphatic heterocycles. The Balaban J connectivity index is 1.69. The molecular formula is C30H29NO10. The summed E-state index contributed by atoms with van der Waals surface area (Å²) in [7, 11) is 7.36. The number of rotatable bonds is 9. The minimum Gasteiger partial charge on any atom is -0.507 e. The van der Waals surface area contributed by atoms with Gasteiger partial charge in [0.15, 0.2) is 34.5 Å². The Labute approximate surface area is 236 Å². The molecule has 1 amide bonds. The van der Waals surface area contributed by atoms with E-state index < -0.39 is 17.7 Å². The van der Waals surface area contributed by atoms with Crippen molar-refractivity contribution in [1.29, 1.82) is 0 Å². The molecule has 214 valence electrons. The maximum atomic E-state index is 13.6. The molecule has 0 spiro atoms. The highest BCUT2D eigenvalue weighted by Gasteiger charge is 2.46. The molecule has 0 bridgehead atoms. The predicted octanol–water partition coefficient (Wildman–Crippen LogP) is 4.08. The lowest BCUT2D eigenvalue weighted by Gasteiger charge is -2.27. The second-order valence-electron chi connectivity index (χ2n) is 9.14. The van der Waals surface area contributed by atoms with Crippen LogP contribution in [-0.2, 0) is 16.1 Å². The monoisotopic (exact) mass is 563 g/mol. The molecule has 0 aromatic heterocycles. The number of hydrogen-bond donors (Lipinski definition) is 1. The van der Waals surface area contributed by atoms with Gasteiger partial charge in [-0.3, -0.25) is 9.59 Å². The molecule has 1 unspecified atom stereocenters. The summed E-state index contributed by atoms with van der Waals surface area (Å²) in [5.41, 5.74) is 1.31. The van der Waals surface area contributed by atoms with Crippen LogP contribution in [0, 0.1) is 0 Å². The van der Waals surface area contributed by atoms with Gasteiger partial charge in [-0.2, -0.15) is 0 Å². The van der Waals surface area contributed by atoms with Gasteiger partial charge >= 0.3 is 0 Å². The summed E-state index contributed by atoms with van der Waals surface area (Å²) in [6.45, 7) is 0.130. The average molecular weight is 564 g/mol. The van der Waals surface area contributed by atoms with Crippen molar-refractivity contribution in [3.63, 3.8) is 0 Å². The lowest BCUT2D eigenvalue weighted by molar-refractivity contribution is -0.140. The van der Waals surface area contributed by atoms with Crippen LogP contribution in [-0.4, -0.2) is 64.0 Å². The number of carbonyl (C=O) groups is 2. The number of methoxy groups -OCH3 is 5. The number of nitrogens with zero attached hydrogens (tertiary/aromatic N) is 1. The van der Waals surface area contributed by atoms with Crippen molar-refractivity contribution in [3.05, 3.63) is 70.8 Å². The summed E-state index contributed by atoms with van der Waals surface area (Å²) in [4.78, 5) is 28.6. The van der Waals surface area contributed by atoms with Crippen LogP contribution in [0.15, 0.2) is 54.1 Å². The molecule has 11 nitrogen and oxygen atoms in total. The first-order valence-corrected chi connectivity index (χ1v) is 12.5. The Morgan fingerprint density at radius 1 is 0.805 bits per heavy atom. The van der Waals surface area contributed by atoms with Gasteiger partial charge < -0.3 is 43.2 Å². The highest BCUT2D eigenvalue weighted by atomic mass is 16.7. The van der Waals surface area contributed by atoms with Crippen molar-refractivity contribution in [2.75, 3.05) is 42.3 Å². The van der Waals surface area contributed by atoms with Gasteiger partial charge in [0.05, 0.1) is 47.2 Å². The molecule has 1 atom stereocenters. The Bertz CT molecular complexity index is 1520. The van der Waals surface area contributed by atoms with Crippen LogP contribution in [0.3, 0.4) is 0 Å². The molecule has 5 rings (SSSR count). The number of amides is 1. The molecule has 0 saturated carbocycles. The predicted molar refractivity (Wildman–Crippen MR) is 146 cm³/mol. The van der Waals surface area contributed by atoms with E-state index >= 15 is 0 Å². The molecule has 2 aliphatic rings. The van der Waals surface area contributed by atoms with Crippen molar-refractivity contribution >= 4 is 17.4 Å². The minimum absolute atomic E-state index is 0.0330. The molecular weight excluding hydrogens is 534 g/mol. The van der Waals surface area contributed by atoms with E-state index in [4.69, 9.17) is 33.2 Å². The van der Waals surface area contributed by atoms with Gasteiger partial charge in [0.1, 0.15) is 5.76 Å². The number of benzene rings is 3. The van der Waals surface area contributed by atoms with Gasteiger partial charge in [-0.25, -0.2) is 0 Å². The van der Waals surface area contributed by atoms with Gasteiger partial charge in [0, 0.05) is 12.1 Å². The molecule has 41 heavy (non-hydrogen) atoms. The van der Waals surface area contributed by atoms with Crippen molar-refractivity contribution in [1.82, 2.24) is 4.90 Å². The highest BCUT2D eigenvalue weighted by molar-refractivity contribution is 6.46. The molecule has 1 N–H and O–H groups in total. The summed E-state index contributed by atoms with van der Waals surface area (Å²) < 4.78 is 38.1. The summed E-state index contributed by atoms with van der Waals surface area (Å²) in [5, 5.41) is 11.5. The van der Waals surface area contributed by atoms with E-state index in [0.717, 1.165) is 0 Å². The standard InChI is InChI=1S/C30H29NO10/c1-35-19-9-7-17(11-21(19)36-2)27(32)25-26(18-12-23(37-3)29(39-5)24(13-18)38-4)31(30(34)28(25)33)14-16-6-8-20-22(10-16)41-15-40-20/h6-13,26,32H,14-15H2,1-5H3. The second-order valence-corrected chi connectivity index (χ2v) is 9.14. The maximum absolute atomic E-state index is 13.6. The van der Waals surface area contributed by atoms with Crippen LogP contribution < -0.4 is 33.2 Å². The van der Waals surface area contributed by atoms with E-state index in [1.54, 1.807) is 42.5 Å². The molecule has 2 heterocycles. The molecule has 0 aliphatic carbocycles. The molecule has 1 fully saturated rings. The first-order valence-electron chi connectivity index (χ1n) is 12.5. The van der Waals surface area contributed by atoms with Crippen LogP contribution >= 0.6 is 0 Å². The first-order chi connectivity index (χ1) is 19.8. The zero-order valence-electron chi connectivity index (χ0n) is 23.2. The zero-order chi connectivity index (χ0) is 29.3. The zero-order valence-corrected chi connectivity index (χ0v) is 23.2. The lowest BCUT2D eigenvalue weighted by Crippen LogP contribution is -2.29. The van der Waals surface area contributed by atoms with Crippen molar-refractivity contribution in [2.45, 2.75) is 12.6 Å². The van der Waals surface area contributed by atoms with Gasteiger partial charge in [-0.05, 0) is 53.6 Å². The third-order valence-corrected chi connectivity index (χ3v) is 6.99. The van der Waals surface area contributed by atoms with Crippen molar-refractivity contribution < 1.29 is 47.9 Å². The van der Waals surface area contributed by atoms with Gasteiger partial charge in [-0.1, -0.05) is 6.07 Å². The van der Waals surface area contributed by atoms with Gasteiger partial charge in [0.25, 0.3) is 11.7 Å². The topological polar surface area (TPSA) is 122 Å². The molecule has 3 aromatic rings. The fourth-order valence-electron chi connectivity index (χ4n) is 5.02. The average Bonchev–Trinajstić information content (AvgIpc) is 3.57. The number of ketones is 1. The number of aliphatic hydroxyl groups excluding tert-OH is 1. The van der Waals surface area contributed by atoms with E-state index in [9.17, 15) is 14.7 Å². The van der Waals surface area contributed by atoms with E-state index in [-0.39, 0.29) is 30.2 Å². The number of aliphatic hydroxyl groups is 1. The van der Waals surface area contributed by atoms with Crippen molar-refractivity contribution in [3.8, 4) is 40.2 Å². The van der Waals surface area contributed by atoms with Gasteiger partial charge in [-0.15, -0.1) is 0 Å². The van der Waals surface area contributed by atoms with E-state index in [2.05, 4.69) is 0 Å². The Hall–Kier alpha value is -5.06. The SMILES string of the molecule is COc1ccc(C(O)=C2C(=O)C(=O)N(Cc3ccc4c(c3)OCO4)C2c2cc(OC)c(OC)c(OC)c2)cc1OC. The molecule has 11 heteroatoms. The first kappa shape index (κ1) is 27.5. The third kappa shape index (κ3) is 4.79. The van der Waals surface area contributed by atoms with E-state index in [1.165, 1.54) is 46.5 Å². The van der Waals surface area contributed by atoms with Crippen LogP contribution in [0.5, 0.6) is 40.2 Å². The number of likely N-dealkylation sites (tertiary alicyclic amines) is 1. The molecule has 0 radical (unpaired) electrons.